The summed E-state index contributed by atoms with van der Waals surface area (Å²) in [6, 6.07) is 3.78. The van der Waals surface area contributed by atoms with E-state index in [1.54, 1.807) is 0 Å². The van der Waals surface area contributed by atoms with E-state index in [0.29, 0.717) is 19.5 Å². The van der Waals surface area contributed by atoms with Gasteiger partial charge >= 0.3 is 5.97 Å². The monoisotopic (exact) mass is 311 g/mol. The van der Waals surface area contributed by atoms with E-state index in [9.17, 15) is 13.2 Å². The lowest BCUT2D eigenvalue weighted by atomic mass is 10.2. The van der Waals surface area contributed by atoms with E-state index < -0.39 is 16.0 Å². The van der Waals surface area contributed by atoms with Crippen molar-refractivity contribution in [3.8, 4) is 5.75 Å². The maximum Gasteiger partial charge on any atom is 0.335 e. The summed E-state index contributed by atoms with van der Waals surface area (Å²) in [5.41, 5.74) is 0.978. The highest BCUT2D eigenvalue weighted by molar-refractivity contribution is 7.89. The Kier molecular flexibility index (Phi) is 4.34. The Morgan fingerprint density at radius 2 is 2.10 bits per heavy atom. The molecule has 0 fully saturated rings. The molecule has 114 valence electrons. The van der Waals surface area contributed by atoms with Crippen molar-refractivity contribution < 1.29 is 23.1 Å². The van der Waals surface area contributed by atoms with Crippen LogP contribution in [0, 0.1) is 0 Å². The third-order valence-corrected chi connectivity index (χ3v) is 5.21. The molecule has 1 aromatic carbocycles. The summed E-state index contributed by atoms with van der Waals surface area (Å²) >= 11 is 0. The zero-order chi connectivity index (χ0) is 15.6. The lowest BCUT2D eigenvalue weighted by molar-refractivity contribution is 0.0696. The minimum atomic E-state index is -3.71. The van der Waals surface area contributed by atoms with Crippen LogP contribution in [0.5, 0.6) is 5.75 Å². The highest BCUT2D eigenvalue weighted by Gasteiger charge is 2.29. The molecule has 0 saturated carbocycles. The summed E-state index contributed by atoms with van der Waals surface area (Å²) in [6.45, 7) is 2.63. The predicted octanol–water partition coefficient (Wildman–Crippen LogP) is 1.73. The lowest BCUT2D eigenvalue weighted by Crippen LogP contribution is -2.35. The molecule has 7 heteroatoms. The van der Waals surface area contributed by atoms with Crippen LogP contribution in [0.15, 0.2) is 34.7 Å². The summed E-state index contributed by atoms with van der Waals surface area (Å²) in [4.78, 5) is 10.9. The summed E-state index contributed by atoms with van der Waals surface area (Å²) < 4.78 is 31.8. The average molecular weight is 311 g/mol. The third kappa shape index (κ3) is 3.08. The van der Waals surface area contributed by atoms with Crippen LogP contribution in [0.25, 0.3) is 0 Å². The van der Waals surface area contributed by atoms with E-state index in [0.717, 1.165) is 5.57 Å². The molecule has 0 bridgehead atoms. The topological polar surface area (TPSA) is 83.9 Å². The van der Waals surface area contributed by atoms with Gasteiger partial charge in [-0.25, -0.2) is 13.2 Å². The van der Waals surface area contributed by atoms with Crippen molar-refractivity contribution in [2.75, 3.05) is 20.2 Å². The van der Waals surface area contributed by atoms with Crippen molar-refractivity contribution in [1.29, 1.82) is 0 Å². The lowest BCUT2D eigenvalue weighted by Gasteiger charge is -2.26. The van der Waals surface area contributed by atoms with Gasteiger partial charge in [0.1, 0.15) is 10.6 Å². The molecule has 0 amide bonds. The molecule has 1 aliphatic heterocycles. The molecule has 0 aromatic heterocycles. The van der Waals surface area contributed by atoms with E-state index in [1.807, 2.05) is 13.0 Å². The standard InChI is InChI=1S/C14H17NO5S/c1-10-4-3-7-15(9-10)21(18,19)13-6-5-11(14(16)17)8-12(13)20-2/h4-6,8H,3,7,9H2,1-2H3,(H,16,17). The van der Waals surface area contributed by atoms with Crippen molar-refractivity contribution >= 4 is 16.0 Å². The number of ether oxygens (including phenoxy) is 1. The fourth-order valence-corrected chi connectivity index (χ4v) is 3.87. The van der Waals surface area contributed by atoms with Crippen LogP contribution >= 0.6 is 0 Å². The van der Waals surface area contributed by atoms with E-state index in [2.05, 4.69) is 0 Å². The zero-order valence-electron chi connectivity index (χ0n) is 11.9. The molecule has 6 nitrogen and oxygen atoms in total. The van der Waals surface area contributed by atoms with Gasteiger partial charge in [-0.3, -0.25) is 0 Å². The third-order valence-electron chi connectivity index (χ3n) is 3.33. The smallest absolute Gasteiger partial charge is 0.335 e. The number of benzene rings is 1. The van der Waals surface area contributed by atoms with Gasteiger partial charge in [0.05, 0.1) is 12.7 Å². The number of hydrogen-bond donors (Lipinski definition) is 1. The number of aromatic carboxylic acids is 1. The molecule has 0 atom stereocenters. The first-order valence-electron chi connectivity index (χ1n) is 6.43. The highest BCUT2D eigenvalue weighted by Crippen LogP contribution is 2.29. The van der Waals surface area contributed by atoms with Gasteiger partial charge in [0.2, 0.25) is 10.0 Å². The largest absolute Gasteiger partial charge is 0.495 e. The molecule has 0 aliphatic carbocycles. The number of nitrogens with zero attached hydrogens (tertiary/aromatic N) is 1. The molecule has 2 rings (SSSR count). The Bertz CT molecular complexity index is 693. The number of sulfonamides is 1. The molecule has 0 radical (unpaired) electrons. The van der Waals surface area contributed by atoms with Gasteiger partial charge in [0, 0.05) is 13.1 Å². The zero-order valence-corrected chi connectivity index (χ0v) is 12.7. The number of hydrogen-bond acceptors (Lipinski definition) is 4. The maximum absolute atomic E-state index is 12.7. The first kappa shape index (κ1) is 15.5. The summed E-state index contributed by atoms with van der Waals surface area (Å²) in [5.74, 6) is -1.09. The van der Waals surface area contributed by atoms with Crippen LogP contribution < -0.4 is 4.74 Å². The molecule has 0 unspecified atom stereocenters. The number of rotatable bonds is 4. The Morgan fingerprint density at radius 3 is 2.67 bits per heavy atom. The quantitative estimate of drug-likeness (QED) is 0.856. The average Bonchev–Trinajstić information content (AvgIpc) is 2.46. The predicted molar refractivity (Wildman–Crippen MR) is 77.1 cm³/mol. The summed E-state index contributed by atoms with van der Waals surface area (Å²) in [7, 11) is -2.38. The van der Waals surface area contributed by atoms with E-state index in [4.69, 9.17) is 9.84 Å². The number of carboxylic acids is 1. The van der Waals surface area contributed by atoms with E-state index >= 15 is 0 Å². The molecule has 21 heavy (non-hydrogen) atoms. The fraction of sp³-hybridized carbons (Fsp3) is 0.357. The Balaban J connectivity index is 2.45. The van der Waals surface area contributed by atoms with Crippen LogP contribution in [0.3, 0.4) is 0 Å². The van der Waals surface area contributed by atoms with Crippen LogP contribution in [-0.4, -0.2) is 44.0 Å². The molecule has 1 aliphatic rings. The molecule has 1 N–H and O–H groups in total. The maximum atomic E-state index is 12.7. The molecular formula is C14H17NO5S. The summed E-state index contributed by atoms with van der Waals surface area (Å²) in [5, 5.41) is 8.96. The van der Waals surface area contributed by atoms with Crippen molar-refractivity contribution in [3.63, 3.8) is 0 Å². The van der Waals surface area contributed by atoms with Crippen LogP contribution in [0.2, 0.25) is 0 Å². The first-order valence-corrected chi connectivity index (χ1v) is 7.87. The molecule has 1 heterocycles. The van der Waals surface area contributed by atoms with Gasteiger partial charge in [0.15, 0.2) is 0 Å². The number of carboxylic acid groups (broad SMARTS) is 1. The Hall–Kier alpha value is -1.86. The minimum Gasteiger partial charge on any atom is -0.495 e. The van der Waals surface area contributed by atoms with Crippen LogP contribution in [-0.2, 0) is 10.0 Å². The van der Waals surface area contributed by atoms with Gasteiger partial charge in [0.25, 0.3) is 0 Å². The minimum absolute atomic E-state index is 0.00954. The Morgan fingerprint density at radius 1 is 1.38 bits per heavy atom. The second-order valence-corrected chi connectivity index (χ2v) is 6.75. The second-order valence-electron chi connectivity index (χ2n) is 4.85. The molecule has 0 saturated heterocycles. The van der Waals surface area contributed by atoms with Crippen LogP contribution in [0.4, 0.5) is 0 Å². The fourth-order valence-electron chi connectivity index (χ4n) is 2.23. The highest BCUT2D eigenvalue weighted by atomic mass is 32.2. The van der Waals surface area contributed by atoms with E-state index in [1.165, 1.54) is 29.6 Å². The van der Waals surface area contributed by atoms with Gasteiger partial charge in [-0.05, 0) is 31.5 Å². The Labute approximate surface area is 123 Å². The van der Waals surface area contributed by atoms with E-state index in [-0.39, 0.29) is 16.2 Å². The molecule has 1 aromatic rings. The van der Waals surface area contributed by atoms with Gasteiger partial charge in [-0.1, -0.05) is 11.6 Å². The number of carbonyl (C=O) groups is 1. The van der Waals surface area contributed by atoms with Crippen molar-refractivity contribution in [2.24, 2.45) is 0 Å². The molecular weight excluding hydrogens is 294 g/mol. The second kappa shape index (κ2) is 5.87. The molecule has 0 spiro atoms. The first-order chi connectivity index (χ1) is 9.86. The van der Waals surface area contributed by atoms with Crippen molar-refractivity contribution in [3.05, 3.63) is 35.4 Å². The summed E-state index contributed by atoms with van der Waals surface area (Å²) in [6.07, 6.45) is 2.68. The van der Waals surface area contributed by atoms with Crippen molar-refractivity contribution in [1.82, 2.24) is 4.31 Å². The van der Waals surface area contributed by atoms with Gasteiger partial charge in [-0.15, -0.1) is 0 Å². The van der Waals surface area contributed by atoms with Crippen LogP contribution in [0.1, 0.15) is 23.7 Å². The normalized spacial score (nSPS) is 16.4. The van der Waals surface area contributed by atoms with Gasteiger partial charge in [-0.2, -0.15) is 4.31 Å². The SMILES string of the molecule is COc1cc(C(=O)O)ccc1S(=O)(=O)N1CCC=C(C)C1. The van der Waals surface area contributed by atoms with Gasteiger partial charge < -0.3 is 9.84 Å². The number of methoxy groups -OCH3 is 1. The van der Waals surface area contributed by atoms with Crippen molar-refractivity contribution in [2.45, 2.75) is 18.2 Å².